The van der Waals surface area contributed by atoms with Crippen molar-refractivity contribution >= 4 is 0 Å². The Hall–Kier alpha value is -1.89. The fraction of sp³-hybridized carbons (Fsp3) is 0.125. The number of benzene rings is 1. The highest BCUT2D eigenvalue weighted by Crippen LogP contribution is 2.06. The monoisotopic (exact) mass is 228 g/mol. The van der Waals surface area contributed by atoms with E-state index >= 15 is 0 Å². The molecule has 17 heavy (non-hydrogen) atoms. The second-order valence-electron chi connectivity index (χ2n) is 3.67. The van der Waals surface area contributed by atoms with E-state index in [1.165, 1.54) is 6.07 Å². The zero-order valence-electron chi connectivity index (χ0n) is 9.90. The third-order valence-corrected chi connectivity index (χ3v) is 2.38. The molecule has 1 aromatic carbocycles. The summed E-state index contributed by atoms with van der Waals surface area (Å²) in [5.74, 6) is -0.174. The van der Waals surface area contributed by atoms with E-state index in [4.69, 9.17) is 0 Å². The van der Waals surface area contributed by atoms with Gasteiger partial charge in [0, 0.05) is 0 Å². The standard InChI is InChI=1S/C16H17F/c1-3-14(4-2)9-6-5-7-10-15-11-8-12-16(17)13-15/h3-6,8-9,11-13H,1-2,7,10H2/b6-5-. The second kappa shape index (κ2) is 7.39. The van der Waals surface area contributed by atoms with E-state index in [0.717, 1.165) is 24.0 Å². The lowest BCUT2D eigenvalue weighted by molar-refractivity contribution is 0.625. The molecular weight excluding hydrogens is 211 g/mol. The Bertz CT molecular complexity index is 429. The molecule has 0 N–H and O–H groups in total. The number of hydrogen-bond acceptors (Lipinski definition) is 0. The quantitative estimate of drug-likeness (QED) is 0.623. The summed E-state index contributed by atoms with van der Waals surface area (Å²) < 4.78 is 12.9. The average molecular weight is 228 g/mol. The van der Waals surface area contributed by atoms with Crippen LogP contribution in [0.1, 0.15) is 12.0 Å². The topological polar surface area (TPSA) is 0 Å². The molecule has 1 heteroatoms. The lowest BCUT2D eigenvalue weighted by Crippen LogP contribution is -1.84. The largest absolute Gasteiger partial charge is 0.207 e. The molecule has 0 atom stereocenters. The van der Waals surface area contributed by atoms with Crippen molar-refractivity contribution in [3.63, 3.8) is 0 Å². The van der Waals surface area contributed by atoms with Gasteiger partial charge in [-0.1, -0.05) is 55.7 Å². The molecule has 0 saturated heterocycles. The summed E-state index contributed by atoms with van der Waals surface area (Å²) in [7, 11) is 0. The first kappa shape index (κ1) is 13.2. The molecule has 0 saturated carbocycles. The van der Waals surface area contributed by atoms with Gasteiger partial charge in [0.1, 0.15) is 5.82 Å². The number of hydrogen-bond donors (Lipinski definition) is 0. The van der Waals surface area contributed by atoms with Crippen molar-refractivity contribution in [1.29, 1.82) is 0 Å². The van der Waals surface area contributed by atoms with Gasteiger partial charge in [-0.3, -0.25) is 0 Å². The van der Waals surface area contributed by atoms with Crippen LogP contribution in [0.15, 0.2) is 73.4 Å². The minimum atomic E-state index is -0.174. The Morgan fingerprint density at radius 1 is 1.24 bits per heavy atom. The molecule has 0 aliphatic heterocycles. The minimum absolute atomic E-state index is 0.174. The maximum Gasteiger partial charge on any atom is 0.123 e. The average Bonchev–Trinajstić information content (AvgIpc) is 2.34. The molecule has 0 aliphatic carbocycles. The highest BCUT2D eigenvalue weighted by molar-refractivity contribution is 5.31. The van der Waals surface area contributed by atoms with Crippen LogP contribution in [0.5, 0.6) is 0 Å². The second-order valence-corrected chi connectivity index (χ2v) is 3.67. The molecule has 0 unspecified atom stereocenters. The van der Waals surface area contributed by atoms with Gasteiger partial charge < -0.3 is 0 Å². The van der Waals surface area contributed by atoms with Crippen molar-refractivity contribution in [2.24, 2.45) is 0 Å². The minimum Gasteiger partial charge on any atom is -0.207 e. The maximum atomic E-state index is 12.9. The summed E-state index contributed by atoms with van der Waals surface area (Å²) in [4.78, 5) is 0. The van der Waals surface area contributed by atoms with E-state index in [1.54, 1.807) is 24.3 Å². The SMILES string of the molecule is C=CC(C=C)=C/C=C\CCc1cccc(F)c1. The van der Waals surface area contributed by atoms with Gasteiger partial charge in [-0.25, -0.2) is 4.39 Å². The molecule has 88 valence electrons. The molecule has 0 fully saturated rings. The fourth-order valence-corrected chi connectivity index (χ4v) is 1.44. The Morgan fingerprint density at radius 2 is 2.00 bits per heavy atom. The summed E-state index contributed by atoms with van der Waals surface area (Å²) in [6.45, 7) is 7.35. The van der Waals surface area contributed by atoms with E-state index < -0.39 is 0 Å². The van der Waals surface area contributed by atoms with Crippen LogP contribution in [0.25, 0.3) is 0 Å². The molecule has 0 nitrogen and oxygen atoms in total. The smallest absolute Gasteiger partial charge is 0.123 e. The van der Waals surface area contributed by atoms with Crippen molar-refractivity contribution in [2.75, 3.05) is 0 Å². The normalized spacial score (nSPS) is 10.2. The summed E-state index contributed by atoms with van der Waals surface area (Å²) in [6, 6.07) is 6.71. The molecule has 0 spiro atoms. The van der Waals surface area contributed by atoms with Crippen LogP contribution in [0.2, 0.25) is 0 Å². The van der Waals surface area contributed by atoms with Gasteiger partial charge in [-0.15, -0.1) is 0 Å². The van der Waals surface area contributed by atoms with E-state index in [2.05, 4.69) is 19.2 Å². The van der Waals surface area contributed by atoms with Crippen molar-refractivity contribution in [3.05, 3.63) is 84.8 Å². The third-order valence-electron chi connectivity index (χ3n) is 2.38. The van der Waals surface area contributed by atoms with E-state index in [1.807, 2.05) is 18.2 Å². The first-order valence-electron chi connectivity index (χ1n) is 5.62. The molecule has 0 heterocycles. The van der Waals surface area contributed by atoms with Crippen LogP contribution < -0.4 is 0 Å². The van der Waals surface area contributed by atoms with Crippen molar-refractivity contribution in [2.45, 2.75) is 12.8 Å². The van der Waals surface area contributed by atoms with Crippen LogP contribution in [0, 0.1) is 5.82 Å². The fourth-order valence-electron chi connectivity index (χ4n) is 1.44. The van der Waals surface area contributed by atoms with Crippen molar-refractivity contribution in [3.8, 4) is 0 Å². The van der Waals surface area contributed by atoms with Crippen LogP contribution in [-0.2, 0) is 6.42 Å². The van der Waals surface area contributed by atoms with E-state index in [9.17, 15) is 4.39 Å². The summed E-state index contributed by atoms with van der Waals surface area (Å²) in [6.07, 6.45) is 11.2. The van der Waals surface area contributed by atoms with Gasteiger partial charge in [-0.05, 0) is 36.1 Å². The molecule has 0 aromatic heterocycles. The van der Waals surface area contributed by atoms with E-state index in [-0.39, 0.29) is 5.82 Å². The number of aryl methyl sites for hydroxylation is 1. The summed E-state index contributed by atoms with van der Waals surface area (Å²) in [5, 5.41) is 0. The summed E-state index contributed by atoms with van der Waals surface area (Å²) >= 11 is 0. The maximum absolute atomic E-state index is 12.9. The molecule has 0 aliphatic rings. The first-order chi connectivity index (χ1) is 8.26. The van der Waals surface area contributed by atoms with Crippen molar-refractivity contribution in [1.82, 2.24) is 0 Å². The molecule has 1 rings (SSSR count). The zero-order chi connectivity index (χ0) is 12.5. The Balaban J connectivity index is 2.42. The Morgan fingerprint density at radius 3 is 2.65 bits per heavy atom. The van der Waals surface area contributed by atoms with Gasteiger partial charge in [0.25, 0.3) is 0 Å². The first-order valence-corrected chi connectivity index (χ1v) is 5.62. The van der Waals surface area contributed by atoms with Crippen molar-refractivity contribution < 1.29 is 4.39 Å². The highest BCUT2D eigenvalue weighted by atomic mass is 19.1. The van der Waals surface area contributed by atoms with Gasteiger partial charge in [0.15, 0.2) is 0 Å². The Kier molecular flexibility index (Phi) is 5.73. The molecule has 0 bridgehead atoms. The highest BCUT2D eigenvalue weighted by Gasteiger charge is 1.92. The number of rotatable bonds is 6. The molecule has 0 amide bonds. The molecule has 1 aromatic rings. The van der Waals surface area contributed by atoms with Crippen LogP contribution in [0.4, 0.5) is 4.39 Å². The molecule has 0 radical (unpaired) electrons. The molecular formula is C16H17F. The zero-order valence-corrected chi connectivity index (χ0v) is 9.90. The lowest BCUT2D eigenvalue weighted by Gasteiger charge is -1.97. The van der Waals surface area contributed by atoms with Gasteiger partial charge in [-0.2, -0.15) is 0 Å². The third kappa shape index (κ3) is 5.12. The lowest BCUT2D eigenvalue weighted by atomic mass is 10.1. The van der Waals surface area contributed by atoms with Gasteiger partial charge in [0.05, 0.1) is 0 Å². The number of halogens is 1. The van der Waals surface area contributed by atoms with Gasteiger partial charge >= 0.3 is 0 Å². The summed E-state index contributed by atoms with van der Waals surface area (Å²) in [5.41, 5.74) is 2.01. The van der Waals surface area contributed by atoms with Gasteiger partial charge in [0.2, 0.25) is 0 Å². The van der Waals surface area contributed by atoms with Crippen LogP contribution in [-0.4, -0.2) is 0 Å². The van der Waals surface area contributed by atoms with Crippen LogP contribution >= 0.6 is 0 Å². The predicted molar refractivity (Wildman–Crippen MR) is 72.3 cm³/mol. The Labute approximate surface area is 102 Å². The van der Waals surface area contributed by atoms with Crippen LogP contribution in [0.3, 0.4) is 0 Å². The number of allylic oxidation sites excluding steroid dienone is 6. The van der Waals surface area contributed by atoms with E-state index in [0.29, 0.717) is 0 Å². The predicted octanol–water partition coefficient (Wildman–Crippen LogP) is 4.61.